The SMILES string of the molecule is CC(C)(C)OC(=O)NC(Cc1ccccc1)C(=O)N1CCN(C(c2ccc(F)cc2)c2ccc(F)cc2)CC1. The van der Waals surface area contributed by atoms with Gasteiger partial charge in [0.25, 0.3) is 0 Å². The number of hydrogen-bond donors (Lipinski definition) is 1. The van der Waals surface area contributed by atoms with Crippen LogP contribution >= 0.6 is 0 Å². The maximum Gasteiger partial charge on any atom is 0.408 e. The second-order valence-corrected chi connectivity index (χ2v) is 10.8. The summed E-state index contributed by atoms with van der Waals surface area (Å²) in [5.74, 6) is -0.826. The molecule has 206 valence electrons. The lowest BCUT2D eigenvalue weighted by molar-refractivity contribution is -0.135. The van der Waals surface area contributed by atoms with E-state index < -0.39 is 17.7 Å². The number of nitrogens with one attached hydrogen (secondary N) is 1. The van der Waals surface area contributed by atoms with E-state index in [1.54, 1.807) is 49.9 Å². The highest BCUT2D eigenvalue weighted by atomic mass is 19.1. The molecule has 1 heterocycles. The third-order valence-corrected chi connectivity index (χ3v) is 6.63. The number of hydrogen-bond acceptors (Lipinski definition) is 4. The number of carbonyl (C=O) groups excluding carboxylic acids is 2. The molecule has 1 aliphatic rings. The summed E-state index contributed by atoms with van der Waals surface area (Å²) >= 11 is 0. The first-order chi connectivity index (χ1) is 18.6. The topological polar surface area (TPSA) is 61.9 Å². The number of carbonyl (C=O) groups is 2. The fraction of sp³-hybridized carbons (Fsp3) is 0.355. The third kappa shape index (κ3) is 7.86. The van der Waals surface area contributed by atoms with Gasteiger partial charge in [-0.15, -0.1) is 0 Å². The lowest BCUT2D eigenvalue weighted by atomic mass is 9.96. The van der Waals surface area contributed by atoms with Crippen LogP contribution in [0.1, 0.15) is 43.5 Å². The quantitative estimate of drug-likeness (QED) is 0.444. The van der Waals surface area contributed by atoms with E-state index in [9.17, 15) is 18.4 Å². The van der Waals surface area contributed by atoms with Crippen molar-refractivity contribution in [2.45, 2.75) is 44.9 Å². The van der Waals surface area contributed by atoms with Gasteiger partial charge in [0, 0.05) is 32.6 Å². The first-order valence-electron chi connectivity index (χ1n) is 13.2. The molecule has 4 rings (SSSR count). The summed E-state index contributed by atoms with van der Waals surface area (Å²) in [7, 11) is 0. The Labute approximate surface area is 228 Å². The Bertz CT molecular complexity index is 1190. The van der Waals surface area contributed by atoms with Gasteiger partial charge in [0.05, 0.1) is 6.04 Å². The summed E-state index contributed by atoms with van der Waals surface area (Å²) in [4.78, 5) is 30.2. The molecule has 0 spiro atoms. The standard InChI is InChI=1S/C31H35F2N3O3/c1-31(2,3)39-30(38)34-27(21-22-7-5-4-6-8-22)29(37)36-19-17-35(18-20-36)28(23-9-13-25(32)14-10-23)24-11-15-26(33)16-12-24/h4-16,27-28H,17-21H2,1-3H3,(H,34,38). The Morgan fingerprint density at radius 1 is 0.821 bits per heavy atom. The van der Waals surface area contributed by atoms with E-state index in [-0.39, 0.29) is 23.6 Å². The van der Waals surface area contributed by atoms with Crippen molar-refractivity contribution in [1.29, 1.82) is 0 Å². The van der Waals surface area contributed by atoms with Gasteiger partial charge in [-0.1, -0.05) is 54.6 Å². The number of amides is 2. The number of nitrogens with zero attached hydrogens (tertiary/aromatic N) is 2. The zero-order chi connectivity index (χ0) is 28.0. The average Bonchev–Trinajstić information content (AvgIpc) is 2.90. The smallest absolute Gasteiger partial charge is 0.408 e. The molecule has 1 fully saturated rings. The van der Waals surface area contributed by atoms with E-state index in [0.717, 1.165) is 16.7 Å². The molecule has 0 bridgehead atoms. The normalized spacial score (nSPS) is 15.2. The van der Waals surface area contributed by atoms with Crippen molar-refractivity contribution in [2.75, 3.05) is 26.2 Å². The summed E-state index contributed by atoms with van der Waals surface area (Å²) in [6, 6.07) is 21.2. The maximum atomic E-state index is 13.7. The molecule has 6 nitrogen and oxygen atoms in total. The van der Waals surface area contributed by atoms with Crippen molar-refractivity contribution in [1.82, 2.24) is 15.1 Å². The van der Waals surface area contributed by atoms with Gasteiger partial charge < -0.3 is 15.0 Å². The molecular formula is C31H35F2N3O3. The largest absolute Gasteiger partial charge is 0.444 e. The van der Waals surface area contributed by atoms with Crippen molar-refractivity contribution in [3.63, 3.8) is 0 Å². The van der Waals surface area contributed by atoms with E-state index in [1.807, 2.05) is 30.3 Å². The number of benzene rings is 3. The first kappa shape index (κ1) is 28.2. The van der Waals surface area contributed by atoms with Gasteiger partial charge in [-0.05, 0) is 61.7 Å². The van der Waals surface area contributed by atoms with Crippen LogP contribution in [0.2, 0.25) is 0 Å². The fourth-order valence-corrected chi connectivity index (χ4v) is 4.82. The lowest BCUT2D eigenvalue weighted by Gasteiger charge is -2.40. The molecule has 0 saturated carbocycles. The molecule has 0 aliphatic carbocycles. The van der Waals surface area contributed by atoms with E-state index in [2.05, 4.69) is 10.2 Å². The molecule has 3 aromatic carbocycles. The Kier molecular flexibility index (Phi) is 8.97. The van der Waals surface area contributed by atoms with Crippen LogP contribution in [-0.2, 0) is 16.0 Å². The number of piperazine rings is 1. The zero-order valence-corrected chi connectivity index (χ0v) is 22.6. The molecule has 8 heteroatoms. The molecule has 39 heavy (non-hydrogen) atoms. The molecule has 0 aromatic heterocycles. The Morgan fingerprint density at radius 2 is 1.33 bits per heavy atom. The van der Waals surface area contributed by atoms with Crippen LogP contribution in [0.3, 0.4) is 0 Å². The second-order valence-electron chi connectivity index (χ2n) is 10.8. The fourth-order valence-electron chi connectivity index (χ4n) is 4.82. The molecular weight excluding hydrogens is 500 g/mol. The van der Waals surface area contributed by atoms with Crippen LogP contribution in [0.25, 0.3) is 0 Å². The van der Waals surface area contributed by atoms with Crippen LogP contribution in [0.15, 0.2) is 78.9 Å². The van der Waals surface area contributed by atoms with Gasteiger partial charge >= 0.3 is 6.09 Å². The minimum Gasteiger partial charge on any atom is -0.444 e. The van der Waals surface area contributed by atoms with Gasteiger partial charge in [0.1, 0.15) is 23.3 Å². The molecule has 1 atom stereocenters. The van der Waals surface area contributed by atoms with Crippen molar-refractivity contribution in [2.24, 2.45) is 0 Å². The van der Waals surface area contributed by atoms with Gasteiger partial charge in [-0.25, -0.2) is 13.6 Å². The maximum absolute atomic E-state index is 13.7. The summed E-state index contributed by atoms with van der Waals surface area (Å²) in [6.07, 6.45) is -0.296. The Hall–Kier alpha value is -3.78. The molecule has 1 saturated heterocycles. The monoisotopic (exact) mass is 535 g/mol. The van der Waals surface area contributed by atoms with Crippen molar-refractivity contribution < 1.29 is 23.1 Å². The summed E-state index contributed by atoms with van der Waals surface area (Å²) < 4.78 is 32.7. The van der Waals surface area contributed by atoms with Gasteiger partial charge in [-0.2, -0.15) is 0 Å². The first-order valence-corrected chi connectivity index (χ1v) is 13.2. The number of ether oxygens (including phenoxy) is 1. The minimum atomic E-state index is -0.779. The number of alkyl carbamates (subject to hydrolysis) is 1. The van der Waals surface area contributed by atoms with E-state index in [4.69, 9.17) is 4.74 Å². The zero-order valence-electron chi connectivity index (χ0n) is 22.6. The van der Waals surface area contributed by atoms with Crippen LogP contribution < -0.4 is 5.32 Å². The van der Waals surface area contributed by atoms with E-state index >= 15 is 0 Å². The second kappa shape index (κ2) is 12.4. The van der Waals surface area contributed by atoms with Gasteiger partial charge in [0.15, 0.2) is 0 Å². The summed E-state index contributed by atoms with van der Waals surface area (Å²) in [5.41, 5.74) is 2.01. The highest BCUT2D eigenvalue weighted by Gasteiger charge is 2.33. The summed E-state index contributed by atoms with van der Waals surface area (Å²) in [6.45, 7) is 7.32. The lowest BCUT2D eigenvalue weighted by Crippen LogP contribution is -2.56. The van der Waals surface area contributed by atoms with Crippen molar-refractivity contribution >= 4 is 12.0 Å². The molecule has 0 radical (unpaired) electrons. The molecule has 3 aromatic rings. The predicted octanol–water partition coefficient (Wildman–Crippen LogP) is 5.33. The molecule has 1 aliphatic heterocycles. The number of rotatable bonds is 7. The van der Waals surface area contributed by atoms with E-state index in [1.165, 1.54) is 24.3 Å². The predicted molar refractivity (Wildman–Crippen MR) is 146 cm³/mol. The summed E-state index contributed by atoms with van der Waals surface area (Å²) in [5, 5.41) is 2.78. The minimum absolute atomic E-state index is 0.176. The Balaban J connectivity index is 1.49. The van der Waals surface area contributed by atoms with Crippen LogP contribution in [0, 0.1) is 11.6 Å². The van der Waals surface area contributed by atoms with E-state index in [0.29, 0.717) is 32.6 Å². The van der Waals surface area contributed by atoms with Crippen molar-refractivity contribution in [3.05, 3.63) is 107 Å². The molecule has 1 unspecified atom stereocenters. The van der Waals surface area contributed by atoms with Crippen LogP contribution in [0.4, 0.5) is 13.6 Å². The average molecular weight is 536 g/mol. The van der Waals surface area contributed by atoms with Crippen LogP contribution in [-0.4, -0.2) is 59.6 Å². The van der Waals surface area contributed by atoms with Crippen molar-refractivity contribution in [3.8, 4) is 0 Å². The number of halogens is 2. The van der Waals surface area contributed by atoms with Crippen LogP contribution in [0.5, 0.6) is 0 Å². The Morgan fingerprint density at radius 3 is 1.82 bits per heavy atom. The van der Waals surface area contributed by atoms with Gasteiger partial charge in [0.2, 0.25) is 5.91 Å². The third-order valence-electron chi connectivity index (χ3n) is 6.63. The molecule has 2 amide bonds. The highest BCUT2D eigenvalue weighted by Crippen LogP contribution is 2.30. The van der Waals surface area contributed by atoms with Gasteiger partial charge in [-0.3, -0.25) is 9.69 Å². The highest BCUT2D eigenvalue weighted by molar-refractivity contribution is 5.86. The molecule has 1 N–H and O–H groups in total.